The van der Waals surface area contributed by atoms with Gasteiger partial charge in [0.1, 0.15) is 11.8 Å². The van der Waals surface area contributed by atoms with Crippen molar-refractivity contribution in [2.24, 2.45) is 5.92 Å². The van der Waals surface area contributed by atoms with Crippen LogP contribution in [0.5, 0.6) is 0 Å². The van der Waals surface area contributed by atoms with Crippen LogP contribution >= 0.6 is 0 Å². The number of ether oxygens (including phenoxy) is 1. The highest BCUT2D eigenvalue weighted by Crippen LogP contribution is 2.42. The number of nitrogens with zero attached hydrogens (tertiary/aromatic N) is 1. The fourth-order valence-electron chi connectivity index (χ4n) is 3.05. The Kier molecular flexibility index (Phi) is 4.85. The van der Waals surface area contributed by atoms with E-state index in [9.17, 15) is 19.5 Å². The van der Waals surface area contributed by atoms with E-state index in [4.69, 9.17) is 9.15 Å². The largest absolute Gasteiger partial charge is 0.503 e. The summed E-state index contributed by atoms with van der Waals surface area (Å²) in [6.07, 6.45) is 1.43. The van der Waals surface area contributed by atoms with Crippen LogP contribution < -0.4 is 4.90 Å². The molecule has 1 amide bonds. The van der Waals surface area contributed by atoms with Gasteiger partial charge in [-0.1, -0.05) is 19.9 Å². The van der Waals surface area contributed by atoms with Crippen molar-refractivity contribution >= 4 is 23.3 Å². The van der Waals surface area contributed by atoms with Gasteiger partial charge in [0.2, 0.25) is 0 Å². The van der Waals surface area contributed by atoms with Gasteiger partial charge in [0.25, 0.3) is 5.91 Å². The summed E-state index contributed by atoms with van der Waals surface area (Å²) in [5.41, 5.74) is 0.556. The van der Waals surface area contributed by atoms with Gasteiger partial charge in [0.05, 0.1) is 24.5 Å². The van der Waals surface area contributed by atoms with Gasteiger partial charge in [0.15, 0.2) is 11.5 Å². The number of furan rings is 1. The summed E-state index contributed by atoms with van der Waals surface area (Å²) >= 11 is 0. The molecule has 3 rings (SSSR count). The lowest BCUT2D eigenvalue weighted by molar-refractivity contribution is -0.119. The van der Waals surface area contributed by atoms with E-state index in [0.717, 1.165) is 0 Å². The minimum Gasteiger partial charge on any atom is -0.503 e. The second-order valence-electron chi connectivity index (χ2n) is 6.42. The molecule has 0 saturated carbocycles. The number of aliphatic hydroxyl groups excluding tert-OH is 1. The van der Waals surface area contributed by atoms with E-state index in [1.807, 2.05) is 0 Å². The van der Waals surface area contributed by atoms with Crippen LogP contribution in [0.4, 0.5) is 5.69 Å². The fraction of sp³-hybridized carbons (Fsp3) is 0.250. The van der Waals surface area contributed by atoms with Gasteiger partial charge in [-0.2, -0.15) is 0 Å². The molecule has 1 atom stereocenters. The molecule has 0 fully saturated rings. The number of methoxy groups -OCH3 is 1. The van der Waals surface area contributed by atoms with Crippen molar-refractivity contribution in [2.75, 3.05) is 12.0 Å². The SMILES string of the molecule is COC(=O)c1cccc(N2C(=O)C(O)=C(C(=O)C(C)C)C2c2ccco2)c1. The first-order chi connectivity index (χ1) is 12.9. The summed E-state index contributed by atoms with van der Waals surface area (Å²) in [6.45, 7) is 3.37. The zero-order valence-electron chi connectivity index (χ0n) is 15.1. The highest BCUT2D eigenvalue weighted by atomic mass is 16.5. The number of anilines is 1. The van der Waals surface area contributed by atoms with Crippen LogP contribution in [0.1, 0.15) is 36.0 Å². The Labute approximate surface area is 155 Å². The molecule has 1 N–H and O–H groups in total. The maximum absolute atomic E-state index is 12.8. The average molecular weight is 369 g/mol. The summed E-state index contributed by atoms with van der Waals surface area (Å²) in [5, 5.41) is 10.4. The van der Waals surface area contributed by atoms with Crippen molar-refractivity contribution in [3.8, 4) is 0 Å². The van der Waals surface area contributed by atoms with Crippen molar-refractivity contribution < 1.29 is 28.6 Å². The van der Waals surface area contributed by atoms with E-state index in [-0.39, 0.29) is 16.9 Å². The number of benzene rings is 1. The maximum atomic E-state index is 12.8. The van der Waals surface area contributed by atoms with Gasteiger partial charge in [-0.3, -0.25) is 14.5 Å². The number of esters is 1. The molecule has 0 saturated heterocycles. The number of carbonyl (C=O) groups is 3. The average Bonchev–Trinajstić information content (AvgIpc) is 3.28. The molecule has 0 bridgehead atoms. The van der Waals surface area contributed by atoms with Crippen molar-refractivity contribution in [1.82, 2.24) is 0 Å². The summed E-state index contributed by atoms with van der Waals surface area (Å²) in [6, 6.07) is 8.55. The highest BCUT2D eigenvalue weighted by Gasteiger charge is 2.46. The minimum absolute atomic E-state index is 0.0200. The molecule has 140 valence electrons. The Morgan fingerprint density at radius 1 is 1.22 bits per heavy atom. The molecule has 0 radical (unpaired) electrons. The molecule has 1 aromatic heterocycles. The fourth-order valence-corrected chi connectivity index (χ4v) is 3.05. The second kappa shape index (κ2) is 7.11. The summed E-state index contributed by atoms with van der Waals surface area (Å²) in [7, 11) is 1.26. The van der Waals surface area contributed by atoms with Crippen LogP contribution in [0.15, 0.2) is 58.4 Å². The molecular formula is C20H19NO6. The number of amides is 1. The van der Waals surface area contributed by atoms with E-state index in [1.54, 1.807) is 44.2 Å². The Morgan fingerprint density at radius 2 is 1.96 bits per heavy atom. The highest BCUT2D eigenvalue weighted by molar-refractivity contribution is 6.16. The van der Waals surface area contributed by atoms with E-state index >= 15 is 0 Å². The molecule has 0 aliphatic carbocycles. The monoisotopic (exact) mass is 369 g/mol. The van der Waals surface area contributed by atoms with E-state index in [2.05, 4.69) is 0 Å². The van der Waals surface area contributed by atoms with E-state index in [1.165, 1.54) is 24.3 Å². The molecule has 2 aromatic rings. The third-order valence-corrected chi connectivity index (χ3v) is 4.36. The lowest BCUT2D eigenvalue weighted by atomic mass is 9.94. The predicted octanol–water partition coefficient (Wildman–Crippen LogP) is 3.19. The van der Waals surface area contributed by atoms with Gasteiger partial charge < -0.3 is 14.3 Å². The van der Waals surface area contributed by atoms with Crippen LogP contribution in [-0.2, 0) is 14.3 Å². The van der Waals surface area contributed by atoms with Crippen LogP contribution in [0.25, 0.3) is 0 Å². The first kappa shape index (κ1) is 18.4. The van der Waals surface area contributed by atoms with Crippen LogP contribution in [0, 0.1) is 5.92 Å². The third kappa shape index (κ3) is 3.12. The molecule has 1 unspecified atom stereocenters. The Morgan fingerprint density at radius 3 is 2.56 bits per heavy atom. The Bertz CT molecular complexity index is 926. The lowest BCUT2D eigenvalue weighted by Gasteiger charge is -2.25. The van der Waals surface area contributed by atoms with Gasteiger partial charge in [-0.05, 0) is 30.3 Å². The Hall–Kier alpha value is -3.35. The van der Waals surface area contributed by atoms with Crippen LogP contribution in [0.2, 0.25) is 0 Å². The van der Waals surface area contributed by atoms with Crippen LogP contribution in [-0.4, -0.2) is 29.9 Å². The van der Waals surface area contributed by atoms with Crippen molar-refractivity contribution in [3.63, 3.8) is 0 Å². The smallest absolute Gasteiger partial charge is 0.337 e. The van der Waals surface area contributed by atoms with Gasteiger partial charge >= 0.3 is 5.97 Å². The third-order valence-electron chi connectivity index (χ3n) is 4.36. The van der Waals surface area contributed by atoms with E-state index < -0.39 is 29.6 Å². The Balaban J connectivity index is 2.14. The molecular weight excluding hydrogens is 350 g/mol. The number of aliphatic hydroxyl groups is 1. The first-order valence-electron chi connectivity index (χ1n) is 8.39. The number of hydrogen-bond acceptors (Lipinski definition) is 6. The zero-order chi connectivity index (χ0) is 19.7. The topological polar surface area (TPSA) is 97.0 Å². The number of rotatable bonds is 5. The van der Waals surface area contributed by atoms with Gasteiger partial charge in [0, 0.05) is 11.6 Å². The van der Waals surface area contributed by atoms with E-state index in [0.29, 0.717) is 11.4 Å². The van der Waals surface area contributed by atoms with Gasteiger partial charge in [-0.15, -0.1) is 0 Å². The van der Waals surface area contributed by atoms with Crippen molar-refractivity contribution in [2.45, 2.75) is 19.9 Å². The number of Topliss-reactive ketones (excluding diaryl/α,β-unsaturated/α-hetero) is 1. The maximum Gasteiger partial charge on any atom is 0.337 e. The molecule has 1 aromatic carbocycles. The molecule has 7 heteroatoms. The number of ketones is 1. The number of hydrogen-bond donors (Lipinski definition) is 1. The predicted molar refractivity (Wildman–Crippen MR) is 96.2 cm³/mol. The zero-order valence-corrected chi connectivity index (χ0v) is 15.1. The van der Waals surface area contributed by atoms with Crippen molar-refractivity contribution in [1.29, 1.82) is 0 Å². The lowest BCUT2D eigenvalue weighted by Crippen LogP contribution is -2.31. The van der Waals surface area contributed by atoms with Gasteiger partial charge in [-0.25, -0.2) is 4.79 Å². The van der Waals surface area contributed by atoms with Crippen LogP contribution in [0.3, 0.4) is 0 Å². The second-order valence-corrected chi connectivity index (χ2v) is 6.42. The normalized spacial score (nSPS) is 17.0. The molecule has 7 nitrogen and oxygen atoms in total. The summed E-state index contributed by atoms with van der Waals surface area (Å²) < 4.78 is 10.2. The quantitative estimate of drug-likeness (QED) is 0.813. The molecule has 27 heavy (non-hydrogen) atoms. The summed E-state index contributed by atoms with van der Waals surface area (Å²) in [5.74, 6) is -2.35. The molecule has 1 aliphatic rings. The summed E-state index contributed by atoms with van der Waals surface area (Å²) in [4.78, 5) is 38.6. The molecule has 0 spiro atoms. The molecule has 1 aliphatic heterocycles. The molecule has 2 heterocycles. The standard InChI is InChI=1S/C20H19NO6/c1-11(2)17(22)15-16(14-8-5-9-27-14)21(19(24)18(15)23)13-7-4-6-12(10-13)20(25)26-3/h4-11,16,23H,1-3H3. The van der Waals surface area contributed by atoms with Crippen molar-refractivity contribution in [3.05, 3.63) is 65.3 Å². The minimum atomic E-state index is -0.921. The number of carbonyl (C=O) groups excluding carboxylic acids is 3. The first-order valence-corrected chi connectivity index (χ1v) is 8.39.